The highest BCUT2D eigenvalue weighted by atomic mass is 16.3. The van der Waals surface area contributed by atoms with E-state index in [1.54, 1.807) is 27.1 Å². The number of amides is 1. The largest absolute Gasteiger partial charge is 0.389 e. The third kappa shape index (κ3) is 4.53. The van der Waals surface area contributed by atoms with Crippen LogP contribution in [-0.4, -0.2) is 40.1 Å². The van der Waals surface area contributed by atoms with Gasteiger partial charge in [-0.25, -0.2) is 0 Å². The van der Waals surface area contributed by atoms with Crippen molar-refractivity contribution in [2.24, 2.45) is 0 Å². The number of aryl methyl sites for hydroxylation is 1. The number of aromatic nitrogens is 1. The molecule has 0 spiro atoms. The summed E-state index contributed by atoms with van der Waals surface area (Å²) in [5.41, 5.74) is 0.932. The molecule has 0 bridgehead atoms. The summed E-state index contributed by atoms with van der Waals surface area (Å²) < 4.78 is 0. The zero-order valence-electron chi connectivity index (χ0n) is 10.9. The lowest BCUT2D eigenvalue weighted by molar-refractivity contribution is -0.131. The average Bonchev–Trinajstić information content (AvgIpc) is 2.18. The van der Waals surface area contributed by atoms with Gasteiger partial charge in [-0.3, -0.25) is 9.78 Å². The SMILES string of the molecule is Cc1cccnc1CC(=O)N(C)CC(C)(C)O. The van der Waals surface area contributed by atoms with Crippen molar-refractivity contribution < 1.29 is 9.90 Å². The highest BCUT2D eigenvalue weighted by Crippen LogP contribution is 2.08. The summed E-state index contributed by atoms with van der Waals surface area (Å²) in [7, 11) is 1.69. The van der Waals surface area contributed by atoms with Crippen molar-refractivity contribution in [3.63, 3.8) is 0 Å². The molecule has 0 saturated heterocycles. The predicted octanol–water partition coefficient (Wildman–Crippen LogP) is 1.16. The Labute approximate surface area is 102 Å². The van der Waals surface area contributed by atoms with Crippen molar-refractivity contribution >= 4 is 5.91 Å². The molecule has 4 nitrogen and oxygen atoms in total. The lowest BCUT2D eigenvalue weighted by Crippen LogP contribution is -2.40. The molecule has 1 amide bonds. The maximum Gasteiger partial charge on any atom is 0.228 e. The minimum Gasteiger partial charge on any atom is -0.389 e. The number of hydrogen-bond acceptors (Lipinski definition) is 3. The molecule has 17 heavy (non-hydrogen) atoms. The van der Waals surface area contributed by atoms with Crippen molar-refractivity contribution in [1.82, 2.24) is 9.88 Å². The number of hydrogen-bond donors (Lipinski definition) is 1. The van der Waals surface area contributed by atoms with Gasteiger partial charge in [0.05, 0.1) is 17.7 Å². The Balaban J connectivity index is 2.64. The third-order valence-corrected chi connectivity index (χ3v) is 2.49. The number of likely N-dealkylation sites (N-methyl/N-ethyl adjacent to an activating group) is 1. The summed E-state index contributed by atoms with van der Waals surface area (Å²) in [5.74, 6) is -0.0334. The monoisotopic (exact) mass is 236 g/mol. The summed E-state index contributed by atoms with van der Waals surface area (Å²) >= 11 is 0. The second-order valence-electron chi connectivity index (χ2n) is 5.01. The molecule has 0 radical (unpaired) electrons. The zero-order chi connectivity index (χ0) is 13.1. The van der Waals surface area contributed by atoms with Gasteiger partial charge < -0.3 is 10.0 Å². The first-order valence-corrected chi connectivity index (χ1v) is 5.66. The van der Waals surface area contributed by atoms with Crippen LogP contribution in [0.5, 0.6) is 0 Å². The molecule has 0 unspecified atom stereocenters. The van der Waals surface area contributed by atoms with Gasteiger partial charge in [-0.1, -0.05) is 6.07 Å². The van der Waals surface area contributed by atoms with Crippen molar-refractivity contribution in [2.45, 2.75) is 32.8 Å². The van der Waals surface area contributed by atoms with E-state index in [2.05, 4.69) is 4.98 Å². The molecule has 94 valence electrons. The Morgan fingerprint density at radius 1 is 1.53 bits per heavy atom. The number of rotatable bonds is 4. The second-order valence-corrected chi connectivity index (χ2v) is 5.01. The smallest absolute Gasteiger partial charge is 0.228 e. The van der Waals surface area contributed by atoms with Crippen LogP contribution in [0.2, 0.25) is 0 Å². The van der Waals surface area contributed by atoms with Crippen LogP contribution in [-0.2, 0) is 11.2 Å². The van der Waals surface area contributed by atoms with Crippen LogP contribution in [0, 0.1) is 6.92 Å². The topological polar surface area (TPSA) is 53.4 Å². The molecular weight excluding hydrogens is 216 g/mol. The fourth-order valence-electron chi connectivity index (χ4n) is 1.65. The van der Waals surface area contributed by atoms with Gasteiger partial charge in [0.15, 0.2) is 0 Å². The Hall–Kier alpha value is -1.42. The number of nitrogens with zero attached hydrogens (tertiary/aromatic N) is 2. The average molecular weight is 236 g/mol. The molecule has 0 fully saturated rings. The fraction of sp³-hybridized carbons (Fsp3) is 0.538. The van der Waals surface area contributed by atoms with E-state index in [4.69, 9.17) is 0 Å². The highest BCUT2D eigenvalue weighted by Gasteiger charge is 2.19. The van der Waals surface area contributed by atoms with E-state index in [-0.39, 0.29) is 12.3 Å². The van der Waals surface area contributed by atoms with Gasteiger partial charge in [0, 0.05) is 19.8 Å². The van der Waals surface area contributed by atoms with Crippen LogP contribution in [0.4, 0.5) is 0 Å². The van der Waals surface area contributed by atoms with E-state index in [0.29, 0.717) is 6.54 Å². The first kappa shape index (κ1) is 13.6. The molecule has 0 saturated carbocycles. The fourth-order valence-corrected chi connectivity index (χ4v) is 1.65. The van der Waals surface area contributed by atoms with Crippen LogP contribution in [0.25, 0.3) is 0 Å². The maximum absolute atomic E-state index is 11.9. The van der Waals surface area contributed by atoms with Crippen molar-refractivity contribution in [2.75, 3.05) is 13.6 Å². The van der Waals surface area contributed by atoms with E-state index in [1.165, 1.54) is 4.90 Å². The lowest BCUT2D eigenvalue weighted by Gasteiger charge is -2.25. The summed E-state index contributed by atoms with van der Waals surface area (Å²) in [5, 5.41) is 9.65. The summed E-state index contributed by atoms with van der Waals surface area (Å²) in [6.45, 7) is 5.62. The molecule has 1 N–H and O–H groups in total. The standard InChI is InChI=1S/C13H20N2O2/c1-10-6-5-7-14-11(10)8-12(16)15(4)9-13(2,3)17/h5-7,17H,8-9H2,1-4H3. The van der Waals surface area contributed by atoms with E-state index in [1.807, 2.05) is 19.1 Å². The van der Waals surface area contributed by atoms with Gasteiger partial charge >= 0.3 is 0 Å². The van der Waals surface area contributed by atoms with Gasteiger partial charge in [0.1, 0.15) is 0 Å². The number of aliphatic hydroxyl groups is 1. The minimum atomic E-state index is -0.871. The van der Waals surface area contributed by atoms with E-state index >= 15 is 0 Å². The zero-order valence-corrected chi connectivity index (χ0v) is 10.9. The minimum absolute atomic E-state index is 0.0334. The Bertz CT molecular complexity index is 397. The van der Waals surface area contributed by atoms with Gasteiger partial charge in [0.25, 0.3) is 0 Å². The predicted molar refractivity (Wildman–Crippen MR) is 66.6 cm³/mol. The summed E-state index contributed by atoms with van der Waals surface area (Å²) in [6, 6.07) is 3.79. The van der Waals surface area contributed by atoms with E-state index in [0.717, 1.165) is 11.3 Å². The molecule has 0 atom stereocenters. The molecule has 0 aliphatic rings. The number of pyridine rings is 1. The Morgan fingerprint density at radius 3 is 2.71 bits per heavy atom. The highest BCUT2D eigenvalue weighted by molar-refractivity contribution is 5.78. The third-order valence-electron chi connectivity index (χ3n) is 2.49. The molecular formula is C13H20N2O2. The molecule has 4 heteroatoms. The molecule has 1 aromatic heterocycles. The van der Waals surface area contributed by atoms with Crippen LogP contribution in [0.15, 0.2) is 18.3 Å². The van der Waals surface area contributed by atoms with Gasteiger partial charge in [-0.05, 0) is 32.4 Å². The maximum atomic E-state index is 11.9. The summed E-state index contributed by atoms with van der Waals surface area (Å²) in [4.78, 5) is 17.6. The van der Waals surface area contributed by atoms with E-state index < -0.39 is 5.60 Å². The molecule has 1 aromatic rings. The first-order chi connectivity index (χ1) is 7.79. The quantitative estimate of drug-likeness (QED) is 0.853. The summed E-state index contributed by atoms with van der Waals surface area (Å²) in [6.07, 6.45) is 1.96. The lowest BCUT2D eigenvalue weighted by atomic mass is 10.1. The molecule has 0 aromatic carbocycles. The Kier molecular flexibility index (Phi) is 4.23. The van der Waals surface area contributed by atoms with Crippen LogP contribution in [0.3, 0.4) is 0 Å². The van der Waals surface area contributed by atoms with Crippen LogP contribution < -0.4 is 0 Å². The first-order valence-electron chi connectivity index (χ1n) is 5.66. The molecule has 0 aliphatic heterocycles. The Morgan fingerprint density at radius 2 is 2.18 bits per heavy atom. The number of carbonyl (C=O) groups excluding carboxylic acids is 1. The van der Waals surface area contributed by atoms with Crippen molar-refractivity contribution in [3.8, 4) is 0 Å². The van der Waals surface area contributed by atoms with Gasteiger partial charge in [-0.2, -0.15) is 0 Å². The molecule has 1 heterocycles. The molecule has 0 aliphatic carbocycles. The van der Waals surface area contributed by atoms with Crippen LogP contribution >= 0.6 is 0 Å². The van der Waals surface area contributed by atoms with Crippen molar-refractivity contribution in [3.05, 3.63) is 29.6 Å². The molecule has 1 rings (SSSR count). The van der Waals surface area contributed by atoms with Gasteiger partial charge in [-0.15, -0.1) is 0 Å². The number of carbonyl (C=O) groups is 1. The normalized spacial score (nSPS) is 11.4. The van der Waals surface area contributed by atoms with E-state index in [9.17, 15) is 9.90 Å². The van der Waals surface area contributed by atoms with Gasteiger partial charge in [0.2, 0.25) is 5.91 Å². The second kappa shape index (κ2) is 5.27. The van der Waals surface area contributed by atoms with Crippen molar-refractivity contribution in [1.29, 1.82) is 0 Å². The van der Waals surface area contributed by atoms with Crippen LogP contribution in [0.1, 0.15) is 25.1 Å².